The molecule has 1 heterocycles. The van der Waals surface area contributed by atoms with Gasteiger partial charge in [-0.3, -0.25) is 4.79 Å². The highest BCUT2D eigenvalue weighted by Gasteiger charge is 2.20. The van der Waals surface area contributed by atoms with E-state index >= 15 is 0 Å². The zero-order valence-corrected chi connectivity index (χ0v) is 16.5. The Morgan fingerprint density at radius 2 is 2.08 bits per heavy atom. The van der Waals surface area contributed by atoms with Crippen LogP contribution in [0.25, 0.3) is 0 Å². The summed E-state index contributed by atoms with van der Waals surface area (Å²) in [4.78, 5) is 12.1. The maximum atomic E-state index is 12.1. The maximum absolute atomic E-state index is 12.1. The zero-order valence-electron chi connectivity index (χ0n) is 14.9. The van der Waals surface area contributed by atoms with Crippen LogP contribution in [0.3, 0.4) is 0 Å². The van der Waals surface area contributed by atoms with Gasteiger partial charge in [-0.05, 0) is 37.0 Å². The molecule has 0 aliphatic carbocycles. The zero-order chi connectivity index (χ0) is 17.7. The molecule has 3 N–H and O–H groups in total. The van der Waals surface area contributed by atoms with E-state index in [9.17, 15) is 4.79 Å². The second kappa shape index (κ2) is 9.79. The lowest BCUT2D eigenvalue weighted by Crippen LogP contribution is -2.18. The van der Waals surface area contributed by atoms with Crippen molar-refractivity contribution < 1.29 is 9.21 Å². The summed E-state index contributed by atoms with van der Waals surface area (Å²) in [5.74, 6) is 0.769. The minimum absolute atomic E-state index is 0. The van der Waals surface area contributed by atoms with Crippen LogP contribution in [-0.2, 0) is 4.79 Å². The van der Waals surface area contributed by atoms with E-state index in [1.54, 1.807) is 0 Å². The number of nitrogens with zero attached hydrogens (tertiary/aromatic N) is 2. The van der Waals surface area contributed by atoms with Crippen molar-refractivity contribution in [2.24, 2.45) is 11.7 Å². The van der Waals surface area contributed by atoms with Crippen molar-refractivity contribution in [2.75, 3.05) is 11.1 Å². The number of carbonyl (C=O) groups excluding carboxylic acids is 1. The Bertz CT molecular complexity index is 708. The quantitative estimate of drug-likeness (QED) is 0.703. The third kappa shape index (κ3) is 6.02. The first-order chi connectivity index (χ1) is 11.4. The number of benzene rings is 1. The molecule has 2 aromatic rings. The van der Waals surface area contributed by atoms with Gasteiger partial charge in [0.2, 0.25) is 11.8 Å². The Kier molecular flexibility index (Phi) is 8.41. The average Bonchev–Trinajstić information content (AvgIpc) is 3.04. The third-order valence-electron chi connectivity index (χ3n) is 3.96. The highest BCUT2D eigenvalue weighted by Crippen LogP contribution is 2.24. The number of thioether (sulfide) groups is 1. The first-order valence-corrected chi connectivity index (χ1v) is 8.98. The lowest BCUT2D eigenvalue weighted by Gasteiger charge is -2.13. The van der Waals surface area contributed by atoms with Gasteiger partial charge >= 0.3 is 0 Å². The molecule has 2 rings (SSSR count). The number of hydrogen-bond acceptors (Lipinski definition) is 6. The number of hydrogen-bond donors (Lipinski definition) is 2. The average molecular weight is 385 g/mol. The van der Waals surface area contributed by atoms with Crippen LogP contribution in [0, 0.1) is 19.8 Å². The van der Waals surface area contributed by atoms with Crippen LogP contribution >= 0.6 is 24.2 Å². The lowest BCUT2D eigenvalue weighted by molar-refractivity contribution is -0.113. The van der Waals surface area contributed by atoms with Crippen molar-refractivity contribution in [3.8, 4) is 0 Å². The van der Waals surface area contributed by atoms with Crippen LogP contribution < -0.4 is 11.1 Å². The van der Waals surface area contributed by atoms with Crippen molar-refractivity contribution in [3.63, 3.8) is 0 Å². The van der Waals surface area contributed by atoms with E-state index < -0.39 is 0 Å². The van der Waals surface area contributed by atoms with E-state index in [0.717, 1.165) is 23.2 Å². The molecule has 0 saturated carbocycles. The topological polar surface area (TPSA) is 94.0 Å². The molecule has 0 bridgehead atoms. The fourth-order valence-electron chi connectivity index (χ4n) is 2.09. The molecule has 8 heteroatoms. The number of aromatic nitrogens is 2. The number of amides is 1. The predicted molar refractivity (Wildman–Crippen MR) is 103 cm³/mol. The molecule has 1 aromatic carbocycles. The summed E-state index contributed by atoms with van der Waals surface area (Å²) in [6, 6.07) is 5.67. The van der Waals surface area contributed by atoms with E-state index in [1.165, 1.54) is 11.8 Å². The fraction of sp³-hybridized carbons (Fsp3) is 0.471. The van der Waals surface area contributed by atoms with Gasteiger partial charge in [0.05, 0.1) is 11.8 Å². The first kappa shape index (κ1) is 21.5. The summed E-state index contributed by atoms with van der Waals surface area (Å²) in [5, 5.41) is 11.2. The highest BCUT2D eigenvalue weighted by molar-refractivity contribution is 7.99. The second-order valence-electron chi connectivity index (χ2n) is 5.97. The number of halogens is 1. The lowest BCUT2D eigenvalue weighted by atomic mass is 10.0. The number of anilines is 1. The van der Waals surface area contributed by atoms with E-state index in [-0.39, 0.29) is 36.0 Å². The van der Waals surface area contributed by atoms with Crippen LogP contribution in [0.15, 0.2) is 27.8 Å². The summed E-state index contributed by atoms with van der Waals surface area (Å²) < 4.78 is 5.55. The molecule has 0 spiro atoms. The molecule has 0 saturated heterocycles. The van der Waals surface area contributed by atoms with E-state index in [0.29, 0.717) is 11.1 Å². The Hall–Kier alpha value is -1.57. The van der Waals surface area contributed by atoms with Gasteiger partial charge in [0.25, 0.3) is 5.22 Å². The predicted octanol–water partition coefficient (Wildman–Crippen LogP) is 3.88. The first-order valence-electron chi connectivity index (χ1n) is 7.99. The third-order valence-corrected chi connectivity index (χ3v) is 4.78. The summed E-state index contributed by atoms with van der Waals surface area (Å²) >= 11 is 1.21. The molecule has 1 aromatic heterocycles. The fourth-order valence-corrected chi connectivity index (χ4v) is 2.66. The van der Waals surface area contributed by atoms with Crippen molar-refractivity contribution in [1.82, 2.24) is 10.2 Å². The van der Waals surface area contributed by atoms with Gasteiger partial charge in [0.1, 0.15) is 0 Å². The van der Waals surface area contributed by atoms with Crippen LogP contribution in [0.1, 0.15) is 43.3 Å². The van der Waals surface area contributed by atoms with Crippen molar-refractivity contribution in [1.29, 1.82) is 0 Å². The van der Waals surface area contributed by atoms with E-state index in [1.807, 2.05) is 39.0 Å². The summed E-state index contributed by atoms with van der Waals surface area (Å²) in [7, 11) is 0. The van der Waals surface area contributed by atoms with Crippen LogP contribution in [-0.4, -0.2) is 21.9 Å². The number of carbonyl (C=O) groups is 1. The SMILES string of the molecule is CCC(C)[C@H](N)c1nnc(SCC(=O)Nc2cc(C)ccc2C)o1.Cl. The number of rotatable bonds is 7. The Balaban J connectivity index is 0.00000312. The Morgan fingerprint density at radius 3 is 2.76 bits per heavy atom. The smallest absolute Gasteiger partial charge is 0.277 e. The Morgan fingerprint density at radius 1 is 1.36 bits per heavy atom. The van der Waals surface area contributed by atoms with Gasteiger partial charge < -0.3 is 15.5 Å². The molecule has 25 heavy (non-hydrogen) atoms. The van der Waals surface area contributed by atoms with E-state index in [2.05, 4.69) is 22.4 Å². The second-order valence-corrected chi connectivity index (χ2v) is 6.90. The Labute approximate surface area is 158 Å². The molecule has 0 aliphatic heterocycles. The van der Waals surface area contributed by atoms with Gasteiger partial charge in [0.15, 0.2) is 0 Å². The largest absolute Gasteiger partial charge is 0.414 e. The van der Waals surface area contributed by atoms with Crippen LogP contribution in [0.2, 0.25) is 0 Å². The molecule has 1 amide bonds. The molecule has 1 unspecified atom stereocenters. The molecule has 0 radical (unpaired) electrons. The summed E-state index contributed by atoms with van der Waals surface area (Å²) in [5.41, 5.74) is 9.02. The number of nitrogens with one attached hydrogen (secondary N) is 1. The van der Waals surface area contributed by atoms with Gasteiger partial charge in [-0.15, -0.1) is 22.6 Å². The molecule has 138 valence electrons. The molecule has 6 nitrogen and oxygen atoms in total. The van der Waals surface area contributed by atoms with Gasteiger partial charge in [-0.2, -0.15) is 0 Å². The molecule has 0 aliphatic rings. The minimum Gasteiger partial charge on any atom is -0.414 e. The normalized spacial score (nSPS) is 13.0. The number of nitrogens with two attached hydrogens (primary N) is 1. The maximum Gasteiger partial charge on any atom is 0.277 e. The summed E-state index contributed by atoms with van der Waals surface area (Å²) in [6.45, 7) is 8.06. The van der Waals surface area contributed by atoms with Crippen molar-refractivity contribution in [2.45, 2.75) is 45.4 Å². The summed E-state index contributed by atoms with van der Waals surface area (Å²) in [6.07, 6.45) is 0.935. The molecular formula is C17H25ClN4O2S. The van der Waals surface area contributed by atoms with Gasteiger partial charge in [-0.25, -0.2) is 0 Å². The van der Waals surface area contributed by atoms with Gasteiger partial charge in [-0.1, -0.05) is 44.2 Å². The van der Waals surface area contributed by atoms with E-state index in [4.69, 9.17) is 10.2 Å². The molecular weight excluding hydrogens is 360 g/mol. The monoisotopic (exact) mass is 384 g/mol. The molecule has 2 atom stereocenters. The van der Waals surface area contributed by atoms with Crippen LogP contribution in [0.5, 0.6) is 0 Å². The van der Waals surface area contributed by atoms with Crippen molar-refractivity contribution >= 4 is 35.8 Å². The van der Waals surface area contributed by atoms with Crippen LogP contribution in [0.4, 0.5) is 5.69 Å². The van der Waals surface area contributed by atoms with Crippen molar-refractivity contribution in [3.05, 3.63) is 35.2 Å². The molecule has 0 fully saturated rings. The van der Waals surface area contributed by atoms with Gasteiger partial charge in [0, 0.05) is 5.69 Å². The highest BCUT2D eigenvalue weighted by atomic mass is 35.5. The number of aryl methyl sites for hydroxylation is 2. The standard InChI is InChI=1S/C17H24N4O2S.ClH/c1-5-11(3)15(18)16-20-21-17(23-16)24-9-14(22)19-13-8-10(2)6-7-12(13)4;/h6-8,11,15H,5,9,18H2,1-4H3,(H,19,22);1H/t11?,15-;/m0./s1. The minimum atomic E-state index is -0.277.